The highest BCUT2D eigenvalue weighted by Crippen LogP contribution is 2.22. The van der Waals surface area contributed by atoms with Crippen molar-refractivity contribution in [2.24, 2.45) is 0 Å². The van der Waals surface area contributed by atoms with E-state index in [-0.39, 0.29) is 16.3 Å². The normalized spacial score (nSPS) is 10.9. The van der Waals surface area contributed by atoms with Gasteiger partial charge in [0.2, 0.25) is 0 Å². The van der Waals surface area contributed by atoms with Gasteiger partial charge in [0.25, 0.3) is 11.6 Å². The summed E-state index contributed by atoms with van der Waals surface area (Å²) >= 11 is 5.97. The van der Waals surface area contributed by atoms with Gasteiger partial charge in [0, 0.05) is 24.4 Å². The molecule has 2 amide bonds. The van der Waals surface area contributed by atoms with E-state index in [2.05, 4.69) is 10.6 Å². The van der Waals surface area contributed by atoms with Crippen molar-refractivity contribution in [3.05, 3.63) is 68.7 Å². The minimum absolute atomic E-state index is 0.0726. The van der Waals surface area contributed by atoms with Crippen LogP contribution >= 0.6 is 11.6 Å². The van der Waals surface area contributed by atoms with E-state index in [1.807, 2.05) is 12.1 Å². The van der Waals surface area contributed by atoms with Gasteiger partial charge in [0.05, 0.1) is 15.5 Å². The summed E-state index contributed by atoms with van der Waals surface area (Å²) < 4.78 is 5.20. The third-order valence-electron chi connectivity index (χ3n) is 3.93. The summed E-state index contributed by atoms with van der Waals surface area (Å²) in [7, 11) is 0. The second kappa shape index (κ2) is 10.1. The minimum Gasteiger partial charge on any atom is -0.444 e. The average Bonchev–Trinajstić information content (AvgIpc) is 2.65. The molecule has 0 aliphatic heterocycles. The maximum absolute atomic E-state index is 12.2. The molecule has 2 aromatic rings. The molecule has 0 saturated carbocycles. The number of benzene rings is 2. The number of nitrogens with zero attached hydrogens (tertiary/aromatic N) is 1. The quantitative estimate of drug-likeness (QED) is 0.364. The van der Waals surface area contributed by atoms with Crippen molar-refractivity contribution in [2.45, 2.75) is 39.2 Å². The van der Waals surface area contributed by atoms with Crippen LogP contribution in [-0.2, 0) is 11.2 Å². The molecular weight excluding hydrogens is 410 g/mol. The predicted octanol–water partition coefficient (Wildman–Crippen LogP) is 4.96. The number of non-ortho nitro benzene ring substituents is 1. The van der Waals surface area contributed by atoms with Crippen LogP contribution in [0.3, 0.4) is 0 Å². The monoisotopic (exact) mass is 433 g/mol. The van der Waals surface area contributed by atoms with Crippen LogP contribution in [0.2, 0.25) is 5.02 Å². The molecule has 8 nitrogen and oxygen atoms in total. The Balaban J connectivity index is 1.81. The number of amides is 2. The Morgan fingerprint density at radius 1 is 1.13 bits per heavy atom. The zero-order chi connectivity index (χ0) is 22.3. The molecule has 0 unspecified atom stereocenters. The number of anilines is 1. The lowest BCUT2D eigenvalue weighted by molar-refractivity contribution is -0.384. The Morgan fingerprint density at radius 2 is 1.80 bits per heavy atom. The molecule has 0 aromatic heterocycles. The Bertz CT molecular complexity index is 923. The highest BCUT2D eigenvalue weighted by Gasteiger charge is 2.16. The Morgan fingerprint density at radius 3 is 2.40 bits per heavy atom. The summed E-state index contributed by atoms with van der Waals surface area (Å²) in [6.07, 6.45) is 0.852. The first-order valence-electron chi connectivity index (χ1n) is 9.36. The molecule has 30 heavy (non-hydrogen) atoms. The maximum Gasteiger partial charge on any atom is 0.412 e. The summed E-state index contributed by atoms with van der Waals surface area (Å²) in [6, 6.07) is 11.1. The van der Waals surface area contributed by atoms with Crippen molar-refractivity contribution >= 4 is 35.0 Å². The van der Waals surface area contributed by atoms with Crippen LogP contribution in [-0.4, -0.2) is 29.1 Å². The second-order valence-corrected chi connectivity index (χ2v) is 8.01. The molecule has 0 heterocycles. The third-order valence-corrected chi connectivity index (χ3v) is 4.26. The molecule has 0 saturated heterocycles. The summed E-state index contributed by atoms with van der Waals surface area (Å²) in [5, 5.41) is 16.4. The van der Waals surface area contributed by atoms with Gasteiger partial charge in [-0.2, -0.15) is 0 Å². The molecule has 9 heteroatoms. The van der Waals surface area contributed by atoms with Crippen LogP contribution < -0.4 is 10.6 Å². The molecule has 0 spiro atoms. The lowest BCUT2D eigenvalue weighted by Gasteiger charge is -2.19. The largest absolute Gasteiger partial charge is 0.444 e. The molecular formula is C21H24ClN3O5. The number of nitro benzene ring substituents is 1. The van der Waals surface area contributed by atoms with E-state index < -0.39 is 22.5 Å². The van der Waals surface area contributed by atoms with Gasteiger partial charge in [0.15, 0.2) is 0 Å². The number of aryl methyl sites for hydroxylation is 1. The standard InChI is InChI=1S/C21H24ClN3O5/c1-21(2,3)30-20(27)24-15-8-6-14(7-9-15)5-4-12-23-19(26)17-13-16(25(28)29)10-11-18(17)22/h6-11,13H,4-5,12H2,1-3H3,(H,23,26)(H,24,27). The second-order valence-electron chi connectivity index (χ2n) is 7.60. The number of nitro groups is 1. The first-order chi connectivity index (χ1) is 14.0. The molecule has 2 N–H and O–H groups in total. The average molecular weight is 434 g/mol. The summed E-state index contributed by atoms with van der Waals surface area (Å²) in [5.74, 6) is -0.458. The van der Waals surface area contributed by atoms with Crippen molar-refractivity contribution in [3.8, 4) is 0 Å². The zero-order valence-corrected chi connectivity index (χ0v) is 17.8. The van der Waals surface area contributed by atoms with E-state index in [1.54, 1.807) is 32.9 Å². The Labute approximate surface area is 179 Å². The number of halogens is 1. The maximum atomic E-state index is 12.2. The van der Waals surface area contributed by atoms with E-state index in [0.717, 1.165) is 11.6 Å². The number of hydrogen-bond acceptors (Lipinski definition) is 5. The number of nitrogens with one attached hydrogen (secondary N) is 2. The molecule has 0 aliphatic carbocycles. The SMILES string of the molecule is CC(C)(C)OC(=O)Nc1ccc(CCCNC(=O)c2cc([N+](=O)[O-])ccc2Cl)cc1. The number of carbonyl (C=O) groups is 2. The zero-order valence-electron chi connectivity index (χ0n) is 17.0. The lowest BCUT2D eigenvalue weighted by Crippen LogP contribution is -2.27. The van der Waals surface area contributed by atoms with Crippen LogP contribution in [0.1, 0.15) is 43.1 Å². The first kappa shape index (κ1) is 23.2. The fraction of sp³-hybridized carbons (Fsp3) is 0.333. The topological polar surface area (TPSA) is 111 Å². The lowest BCUT2D eigenvalue weighted by atomic mass is 10.1. The van der Waals surface area contributed by atoms with E-state index in [9.17, 15) is 19.7 Å². The number of rotatable bonds is 7. The fourth-order valence-electron chi connectivity index (χ4n) is 2.57. The van der Waals surface area contributed by atoms with Gasteiger partial charge in [0.1, 0.15) is 5.60 Å². The van der Waals surface area contributed by atoms with Crippen molar-refractivity contribution in [1.82, 2.24) is 5.32 Å². The molecule has 2 aromatic carbocycles. The third kappa shape index (κ3) is 7.36. The van der Waals surface area contributed by atoms with Crippen LogP contribution in [0.4, 0.5) is 16.2 Å². The van der Waals surface area contributed by atoms with Gasteiger partial charge in [-0.05, 0) is 57.4 Å². The van der Waals surface area contributed by atoms with Gasteiger partial charge >= 0.3 is 6.09 Å². The highest BCUT2D eigenvalue weighted by molar-refractivity contribution is 6.33. The van der Waals surface area contributed by atoms with Crippen LogP contribution in [0.15, 0.2) is 42.5 Å². The van der Waals surface area contributed by atoms with Crippen LogP contribution in [0.25, 0.3) is 0 Å². The number of hydrogen-bond donors (Lipinski definition) is 2. The van der Waals surface area contributed by atoms with E-state index in [4.69, 9.17) is 16.3 Å². The molecule has 160 valence electrons. The molecule has 0 atom stereocenters. The van der Waals surface area contributed by atoms with Crippen molar-refractivity contribution in [1.29, 1.82) is 0 Å². The van der Waals surface area contributed by atoms with Gasteiger partial charge in [-0.1, -0.05) is 23.7 Å². The van der Waals surface area contributed by atoms with Crippen molar-refractivity contribution in [3.63, 3.8) is 0 Å². The molecule has 0 fully saturated rings. The smallest absolute Gasteiger partial charge is 0.412 e. The summed E-state index contributed by atoms with van der Waals surface area (Å²) in [5.41, 5.74) is 0.977. The summed E-state index contributed by atoms with van der Waals surface area (Å²) in [4.78, 5) is 34.3. The Hall–Kier alpha value is -3.13. The first-order valence-corrected chi connectivity index (χ1v) is 9.74. The highest BCUT2D eigenvalue weighted by atomic mass is 35.5. The summed E-state index contributed by atoms with van der Waals surface area (Å²) in [6.45, 7) is 5.76. The molecule has 2 rings (SSSR count). The predicted molar refractivity (Wildman–Crippen MR) is 115 cm³/mol. The van der Waals surface area contributed by atoms with Gasteiger partial charge in [-0.25, -0.2) is 4.79 Å². The van der Waals surface area contributed by atoms with Crippen molar-refractivity contribution < 1.29 is 19.2 Å². The van der Waals surface area contributed by atoms with Crippen LogP contribution in [0, 0.1) is 10.1 Å². The fourth-order valence-corrected chi connectivity index (χ4v) is 2.77. The molecule has 0 aliphatic rings. The number of carbonyl (C=O) groups excluding carboxylic acids is 2. The molecule has 0 bridgehead atoms. The van der Waals surface area contributed by atoms with Crippen molar-refractivity contribution in [2.75, 3.05) is 11.9 Å². The van der Waals surface area contributed by atoms with E-state index in [1.165, 1.54) is 12.1 Å². The van der Waals surface area contributed by atoms with E-state index in [0.29, 0.717) is 25.1 Å². The van der Waals surface area contributed by atoms with Gasteiger partial charge in [-0.15, -0.1) is 0 Å². The Kier molecular flexibility index (Phi) is 7.77. The number of ether oxygens (including phenoxy) is 1. The van der Waals surface area contributed by atoms with Crippen LogP contribution in [0.5, 0.6) is 0 Å². The van der Waals surface area contributed by atoms with Gasteiger partial charge < -0.3 is 10.1 Å². The minimum atomic E-state index is -0.575. The van der Waals surface area contributed by atoms with Gasteiger partial charge in [-0.3, -0.25) is 20.2 Å². The molecule has 0 radical (unpaired) electrons. The van der Waals surface area contributed by atoms with E-state index >= 15 is 0 Å².